The summed E-state index contributed by atoms with van der Waals surface area (Å²) in [5.74, 6) is 0.676. The number of hydrogen-bond acceptors (Lipinski definition) is 4. The molecule has 2 atom stereocenters. The Bertz CT molecular complexity index is 954. The van der Waals surface area contributed by atoms with E-state index in [0.717, 1.165) is 18.5 Å². The lowest BCUT2D eigenvalue weighted by atomic mass is 9.90. The third-order valence-electron chi connectivity index (χ3n) is 5.34. The van der Waals surface area contributed by atoms with Gasteiger partial charge in [0.05, 0.1) is 24.4 Å². The second kappa shape index (κ2) is 8.92. The lowest BCUT2D eigenvalue weighted by Gasteiger charge is -2.18. The Balaban J connectivity index is 1.40. The van der Waals surface area contributed by atoms with Gasteiger partial charge >= 0.3 is 0 Å². The molecule has 3 aromatic rings. The zero-order chi connectivity index (χ0) is 20.1. The third-order valence-corrected chi connectivity index (χ3v) is 5.34. The molecule has 0 saturated carbocycles. The van der Waals surface area contributed by atoms with Crippen LogP contribution in [-0.4, -0.2) is 35.4 Å². The van der Waals surface area contributed by atoms with Gasteiger partial charge in [0, 0.05) is 38.7 Å². The Kier molecular flexibility index (Phi) is 5.91. The highest BCUT2D eigenvalue weighted by molar-refractivity contribution is 5.95. The molecule has 0 radical (unpaired) electrons. The molecule has 1 saturated heterocycles. The van der Waals surface area contributed by atoms with Crippen LogP contribution in [0, 0.1) is 5.92 Å². The molecule has 1 aliphatic heterocycles. The third kappa shape index (κ3) is 4.66. The fraction of sp³-hybridized carbons (Fsp3) is 0.304. The van der Waals surface area contributed by atoms with E-state index in [9.17, 15) is 4.79 Å². The smallest absolute Gasteiger partial charge is 0.229 e. The first-order chi connectivity index (χ1) is 14.2. The number of anilines is 1. The number of aromatic nitrogens is 2. The maximum atomic E-state index is 13.0. The first-order valence-corrected chi connectivity index (χ1v) is 9.96. The number of ether oxygens (including phenoxy) is 1. The van der Waals surface area contributed by atoms with Crippen LogP contribution in [0.5, 0.6) is 5.75 Å². The lowest BCUT2D eigenvalue weighted by molar-refractivity contribution is -0.119. The van der Waals surface area contributed by atoms with Gasteiger partial charge in [0.15, 0.2) is 0 Å². The standard InChI is InChI=1S/C23H26N4O2/c1-27-16-18(13-25-27)19-14-24-15-20(19)23(28)26-21-9-5-6-10-22(21)29-12-11-17-7-3-2-4-8-17/h2-10,13,16,19-20,24H,11-12,14-15H2,1H3,(H,26,28)/t19-,20+/m1/s1. The summed E-state index contributed by atoms with van der Waals surface area (Å²) in [6, 6.07) is 17.8. The SMILES string of the molecule is Cn1cc([C@H]2CNC[C@@H]2C(=O)Nc2ccccc2OCCc2ccccc2)cn1. The Morgan fingerprint density at radius 2 is 1.97 bits per heavy atom. The van der Waals surface area contributed by atoms with E-state index in [4.69, 9.17) is 4.74 Å². The summed E-state index contributed by atoms with van der Waals surface area (Å²) in [7, 11) is 1.89. The molecule has 0 bridgehead atoms. The molecule has 2 heterocycles. The van der Waals surface area contributed by atoms with Gasteiger partial charge in [0.1, 0.15) is 5.75 Å². The highest BCUT2D eigenvalue weighted by Crippen LogP contribution is 2.30. The van der Waals surface area contributed by atoms with Crippen molar-refractivity contribution in [3.8, 4) is 5.75 Å². The highest BCUT2D eigenvalue weighted by atomic mass is 16.5. The fourth-order valence-electron chi connectivity index (χ4n) is 3.78. The van der Waals surface area contributed by atoms with Gasteiger partial charge in [-0.1, -0.05) is 42.5 Å². The van der Waals surface area contributed by atoms with Gasteiger partial charge in [-0.15, -0.1) is 0 Å². The number of nitrogens with zero attached hydrogens (tertiary/aromatic N) is 2. The summed E-state index contributed by atoms with van der Waals surface area (Å²) in [6.45, 7) is 1.99. The molecule has 1 fully saturated rings. The van der Waals surface area contributed by atoms with Crippen LogP contribution in [0.3, 0.4) is 0 Å². The average Bonchev–Trinajstić information content (AvgIpc) is 3.39. The van der Waals surface area contributed by atoms with E-state index in [0.29, 0.717) is 24.6 Å². The van der Waals surface area contributed by atoms with Crippen molar-refractivity contribution in [1.29, 1.82) is 0 Å². The van der Waals surface area contributed by atoms with Gasteiger partial charge in [-0.25, -0.2) is 0 Å². The van der Waals surface area contributed by atoms with E-state index in [1.165, 1.54) is 5.56 Å². The predicted octanol–water partition coefficient (Wildman–Crippen LogP) is 2.98. The largest absolute Gasteiger partial charge is 0.491 e. The van der Waals surface area contributed by atoms with Crippen molar-refractivity contribution in [3.63, 3.8) is 0 Å². The van der Waals surface area contributed by atoms with Crippen molar-refractivity contribution in [2.75, 3.05) is 25.0 Å². The molecule has 6 heteroatoms. The number of nitrogens with one attached hydrogen (secondary N) is 2. The molecule has 1 amide bonds. The molecule has 6 nitrogen and oxygen atoms in total. The molecule has 0 spiro atoms. The maximum absolute atomic E-state index is 13.0. The summed E-state index contributed by atoms with van der Waals surface area (Å²) in [5, 5.41) is 10.7. The van der Waals surface area contributed by atoms with Crippen molar-refractivity contribution in [3.05, 3.63) is 78.1 Å². The van der Waals surface area contributed by atoms with Crippen molar-refractivity contribution < 1.29 is 9.53 Å². The number of para-hydroxylation sites is 2. The maximum Gasteiger partial charge on any atom is 0.229 e. The number of amides is 1. The van der Waals surface area contributed by atoms with Crippen LogP contribution in [0.15, 0.2) is 67.0 Å². The zero-order valence-electron chi connectivity index (χ0n) is 16.5. The van der Waals surface area contributed by atoms with Crippen molar-refractivity contribution >= 4 is 11.6 Å². The molecule has 2 N–H and O–H groups in total. The summed E-state index contributed by atoms with van der Waals surface area (Å²) >= 11 is 0. The zero-order valence-corrected chi connectivity index (χ0v) is 16.5. The topological polar surface area (TPSA) is 68.2 Å². The fourth-order valence-corrected chi connectivity index (χ4v) is 3.78. The van der Waals surface area contributed by atoms with Gasteiger partial charge in [0.25, 0.3) is 0 Å². The van der Waals surface area contributed by atoms with Crippen LogP contribution in [0.4, 0.5) is 5.69 Å². The van der Waals surface area contributed by atoms with Crippen LogP contribution in [0.2, 0.25) is 0 Å². The van der Waals surface area contributed by atoms with E-state index >= 15 is 0 Å². The summed E-state index contributed by atoms with van der Waals surface area (Å²) in [5.41, 5.74) is 3.03. The first kappa shape index (κ1) is 19.2. The Morgan fingerprint density at radius 1 is 1.17 bits per heavy atom. The number of carbonyl (C=O) groups is 1. The van der Waals surface area contributed by atoms with Gasteiger partial charge in [-0.05, 0) is 23.3 Å². The highest BCUT2D eigenvalue weighted by Gasteiger charge is 2.35. The number of benzene rings is 2. The molecular weight excluding hydrogens is 364 g/mol. The minimum atomic E-state index is -0.142. The molecule has 0 aliphatic carbocycles. The summed E-state index contributed by atoms with van der Waals surface area (Å²) in [6.07, 6.45) is 4.65. The van der Waals surface area contributed by atoms with Crippen LogP contribution in [-0.2, 0) is 18.3 Å². The van der Waals surface area contributed by atoms with Gasteiger partial charge in [-0.3, -0.25) is 9.48 Å². The van der Waals surface area contributed by atoms with Gasteiger partial charge in [-0.2, -0.15) is 5.10 Å². The molecule has 29 heavy (non-hydrogen) atoms. The molecule has 150 valence electrons. The Morgan fingerprint density at radius 3 is 2.76 bits per heavy atom. The van der Waals surface area contributed by atoms with Crippen molar-refractivity contribution in [1.82, 2.24) is 15.1 Å². The second-order valence-corrected chi connectivity index (χ2v) is 7.39. The van der Waals surface area contributed by atoms with Crippen molar-refractivity contribution in [2.24, 2.45) is 13.0 Å². The van der Waals surface area contributed by atoms with Crippen LogP contribution in [0.1, 0.15) is 17.0 Å². The van der Waals surface area contributed by atoms with E-state index < -0.39 is 0 Å². The molecule has 4 rings (SSSR count). The Hall–Kier alpha value is -3.12. The predicted molar refractivity (Wildman–Crippen MR) is 113 cm³/mol. The lowest BCUT2D eigenvalue weighted by Crippen LogP contribution is -2.28. The summed E-state index contributed by atoms with van der Waals surface area (Å²) < 4.78 is 7.75. The van der Waals surface area contributed by atoms with Crippen LogP contribution >= 0.6 is 0 Å². The van der Waals surface area contributed by atoms with Crippen molar-refractivity contribution in [2.45, 2.75) is 12.3 Å². The molecule has 2 aromatic carbocycles. The number of rotatable bonds is 7. The molecule has 0 unspecified atom stereocenters. The second-order valence-electron chi connectivity index (χ2n) is 7.39. The van der Waals surface area contributed by atoms with E-state index in [2.05, 4.69) is 27.9 Å². The Labute approximate surface area is 170 Å². The van der Waals surface area contributed by atoms with Gasteiger partial charge in [0.2, 0.25) is 5.91 Å². The number of carbonyl (C=O) groups excluding carboxylic acids is 1. The average molecular weight is 390 g/mol. The van der Waals surface area contributed by atoms with Gasteiger partial charge < -0.3 is 15.4 Å². The molecule has 1 aromatic heterocycles. The first-order valence-electron chi connectivity index (χ1n) is 9.96. The number of aryl methyl sites for hydroxylation is 1. The normalized spacial score (nSPS) is 18.5. The number of hydrogen-bond donors (Lipinski definition) is 2. The molecule has 1 aliphatic rings. The van der Waals surface area contributed by atoms with E-state index in [-0.39, 0.29) is 17.7 Å². The van der Waals surface area contributed by atoms with Crippen LogP contribution in [0.25, 0.3) is 0 Å². The quantitative estimate of drug-likeness (QED) is 0.651. The van der Waals surface area contributed by atoms with E-state index in [1.54, 1.807) is 4.68 Å². The minimum absolute atomic E-state index is 0.00274. The minimum Gasteiger partial charge on any atom is -0.491 e. The molecular formula is C23H26N4O2. The monoisotopic (exact) mass is 390 g/mol. The van der Waals surface area contributed by atoms with Crippen LogP contribution < -0.4 is 15.4 Å². The van der Waals surface area contributed by atoms with E-state index in [1.807, 2.05) is 61.9 Å². The summed E-state index contributed by atoms with van der Waals surface area (Å²) in [4.78, 5) is 13.0.